The smallest absolute Gasteiger partial charge is 0.130 e. The van der Waals surface area contributed by atoms with Crippen LogP contribution in [0, 0.1) is 0 Å². The maximum atomic E-state index is 5.33. The van der Waals surface area contributed by atoms with Crippen molar-refractivity contribution in [2.24, 2.45) is 5.73 Å². The van der Waals surface area contributed by atoms with E-state index in [4.69, 9.17) is 10.2 Å². The number of nitrogens with two attached hydrogens (primary N) is 1. The zero-order valence-corrected chi connectivity index (χ0v) is 5.14. The van der Waals surface area contributed by atoms with Gasteiger partial charge in [0.15, 0.2) is 0 Å². The normalized spacial score (nSPS) is 13.8. The zero-order valence-electron chi connectivity index (χ0n) is 4.24. The lowest BCUT2D eigenvalue weighted by atomic mass is 10.5. The van der Waals surface area contributed by atoms with Crippen molar-refractivity contribution in [2.75, 3.05) is 0 Å². The molecule has 0 fully saturated rings. The lowest BCUT2D eigenvalue weighted by molar-refractivity contribution is 0.509. The van der Waals surface area contributed by atoms with Gasteiger partial charge < -0.3 is 10.2 Å². The predicted octanol–water partition coefficient (Wildman–Crippen LogP) is 1.17. The summed E-state index contributed by atoms with van der Waals surface area (Å²) in [5.41, 5.74) is 5.33. The SMILES string of the molecule is NC(S)c1ccco1. The average Bonchev–Trinajstić information content (AvgIpc) is 2.12. The van der Waals surface area contributed by atoms with E-state index in [1.807, 2.05) is 0 Å². The molecule has 2 N–H and O–H groups in total. The highest BCUT2D eigenvalue weighted by Crippen LogP contribution is 2.12. The summed E-state index contributed by atoms with van der Waals surface area (Å²) in [5.74, 6) is 0.702. The van der Waals surface area contributed by atoms with Gasteiger partial charge in [0.1, 0.15) is 11.1 Å². The second-order valence-corrected chi connectivity index (χ2v) is 2.02. The molecule has 0 aliphatic rings. The number of hydrogen-bond donors (Lipinski definition) is 2. The summed E-state index contributed by atoms with van der Waals surface area (Å²) in [6.07, 6.45) is 1.57. The first-order valence-electron chi connectivity index (χ1n) is 2.28. The molecule has 2 nitrogen and oxygen atoms in total. The van der Waals surface area contributed by atoms with E-state index in [2.05, 4.69) is 12.6 Å². The summed E-state index contributed by atoms with van der Waals surface area (Å²) >= 11 is 3.94. The molecule has 0 aliphatic carbocycles. The van der Waals surface area contributed by atoms with Crippen LogP contribution < -0.4 is 5.73 Å². The third-order valence-electron chi connectivity index (χ3n) is 0.835. The molecule has 0 saturated heterocycles. The van der Waals surface area contributed by atoms with Gasteiger partial charge in [0.25, 0.3) is 0 Å². The van der Waals surface area contributed by atoms with Gasteiger partial charge in [0, 0.05) is 0 Å². The summed E-state index contributed by atoms with van der Waals surface area (Å²) < 4.78 is 4.89. The Morgan fingerprint density at radius 2 is 2.50 bits per heavy atom. The number of rotatable bonds is 1. The highest BCUT2D eigenvalue weighted by molar-refractivity contribution is 7.80. The van der Waals surface area contributed by atoms with Crippen LogP contribution in [0.2, 0.25) is 0 Å². The van der Waals surface area contributed by atoms with E-state index in [-0.39, 0.29) is 5.37 Å². The molecule has 1 rings (SSSR count). The van der Waals surface area contributed by atoms with Crippen LogP contribution in [-0.2, 0) is 0 Å². The molecule has 1 atom stereocenters. The average molecular weight is 129 g/mol. The Bertz CT molecular complexity index is 147. The van der Waals surface area contributed by atoms with E-state index in [0.717, 1.165) is 0 Å². The minimum Gasteiger partial charge on any atom is -0.467 e. The molecule has 0 amide bonds. The summed E-state index contributed by atoms with van der Waals surface area (Å²) in [6, 6.07) is 3.57. The lowest BCUT2D eigenvalue weighted by Gasteiger charge is -1.94. The third kappa shape index (κ3) is 1.05. The number of furan rings is 1. The summed E-state index contributed by atoms with van der Waals surface area (Å²) in [4.78, 5) is 0. The van der Waals surface area contributed by atoms with Crippen LogP contribution >= 0.6 is 12.6 Å². The van der Waals surface area contributed by atoms with Crippen molar-refractivity contribution in [3.05, 3.63) is 24.2 Å². The fraction of sp³-hybridized carbons (Fsp3) is 0.200. The first kappa shape index (κ1) is 5.72. The molecule has 1 aromatic heterocycles. The van der Waals surface area contributed by atoms with Crippen molar-refractivity contribution in [2.45, 2.75) is 5.37 Å². The Hall–Kier alpha value is -0.410. The Balaban J connectivity index is 2.77. The Labute approximate surface area is 53.1 Å². The largest absolute Gasteiger partial charge is 0.467 e. The van der Waals surface area contributed by atoms with Gasteiger partial charge >= 0.3 is 0 Å². The van der Waals surface area contributed by atoms with E-state index >= 15 is 0 Å². The van der Waals surface area contributed by atoms with Crippen LogP contribution in [0.3, 0.4) is 0 Å². The van der Waals surface area contributed by atoms with Gasteiger partial charge in [-0.15, -0.1) is 0 Å². The fourth-order valence-electron chi connectivity index (χ4n) is 0.460. The van der Waals surface area contributed by atoms with E-state index in [0.29, 0.717) is 5.76 Å². The number of hydrogen-bond acceptors (Lipinski definition) is 3. The fourth-order valence-corrected chi connectivity index (χ4v) is 0.606. The third-order valence-corrected chi connectivity index (χ3v) is 1.09. The molecule has 1 aromatic rings. The van der Waals surface area contributed by atoms with Crippen molar-refractivity contribution in [3.8, 4) is 0 Å². The lowest BCUT2D eigenvalue weighted by Crippen LogP contribution is -1.99. The highest BCUT2D eigenvalue weighted by Gasteiger charge is 1.99. The molecule has 0 aromatic carbocycles. The summed E-state index contributed by atoms with van der Waals surface area (Å²) in [5, 5.41) is -0.287. The van der Waals surface area contributed by atoms with Crippen molar-refractivity contribution in [1.82, 2.24) is 0 Å². The van der Waals surface area contributed by atoms with Gasteiger partial charge in [-0.3, -0.25) is 0 Å². The molecule has 3 heteroatoms. The van der Waals surface area contributed by atoms with Crippen molar-refractivity contribution in [3.63, 3.8) is 0 Å². The van der Waals surface area contributed by atoms with Gasteiger partial charge in [-0.25, -0.2) is 0 Å². The minimum absolute atomic E-state index is 0.287. The number of thiol groups is 1. The molecule has 8 heavy (non-hydrogen) atoms. The van der Waals surface area contributed by atoms with Gasteiger partial charge in [0.2, 0.25) is 0 Å². The van der Waals surface area contributed by atoms with Crippen molar-refractivity contribution >= 4 is 12.6 Å². The quantitative estimate of drug-likeness (QED) is 0.441. The predicted molar refractivity (Wildman–Crippen MR) is 34.6 cm³/mol. The maximum Gasteiger partial charge on any atom is 0.130 e. The minimum atomic E-state index is -0.287. The van der Waals surface area contributed by atoms with Crippen LogP contribution in [0.15, 0.2) is 22.8 Å². The van der Waals surface area contributed by atoms with Crippen molar-refractivity contribution in [1.29, 1.82) is 0 Å². The Morgan fingerprint density at radius 1 is 1.75 bits per heavy atom. The highest BCUT2D eigenvalue weighted by atomic mass is 32.1. The standard InChI is InChI=1S/C5H7NOS/c6-5(8)4-2-1-3-7-4/h1-3,5,8H,6H2. The summed E-state index contributed by atoms with van der Waals surface area (Å²) in [6.45, 7) is 0. The van der Waals surface area contributed by atoms with Gasteiger partial charge in [-0.1, -0.05) is 0 Å². The van der Waals surface area contributed by atoms with Crippen molar-refractivity contribution < 1.29 is 4.42 Å². The molecular formula is C5H7NOS. The van der Waals surface area contributed by atoms with Gasteiger partial charge in [-0.2, -0.15) is 12.6 Å². The van der Waals surface area contributed by atoms with Crippen LogP contribution in [0.1, 0.15) is 11.1 Å². The Kier molecular flexibility index (Phi) is 1.60. The van der Waals surface area contributed by atoms with Crippen LogP contribution in [-0.4, -0.2) is 0 Å². The first-order chi connectivity index (χ1) is 3.80. The maximum absolute atomic E-state index is 5.33. The van der Waals surface area contributed by atoms with Gasteiger partial charge in [0.05, 0.1) is 6.26 Å². The molecular weight excluding hydrogens is 122 g/mol. The molecule has 1 heterocycles. The zero-order chi connectivity index (χ0) is 5.98. The first-order valence-corrected chi connectivity index (χ1v) is 2.79. The monoisotopic (exact) mass is 129 g/mol. The molecule has 0 aliphatic heterocycles. The molecule has 0 spiro atoms. The second-order valence-electron chi connectivity index (χ2n) is 1.46. The molecule has 0 bridgehead atoms. The van der Waals surface area contributed by atoms with E-state index in [1.165, 1.54) is 0 Å². The van der Waals surface area contributed by atoms with Crippen LogP contribution in [0.25, 0.3) is 0 Å². The van der Waals surface area contributed by atoms with Crippen LogP contribution in [0.5, 0.6) is 0 Å². The molecule has 1 unspecified atom stereocenters. The van der Waals surface area contributed by atoms with E-state index in [1.54, 1.807) is 18.4 Å². The summed E-state index contributed by atoms with van der Waals surface area (Å²) in [7, 11) is 0. The van der Waals surface area contributed by atoms with Gasteiger partial charge in [-0.05, 0) is 12.1 Å². The topological polar surface area (TPSA) is 39.2 Å². The van der Waals surface area contributed by atoms with E-state index in [9.17, 15) is 0 Å². The second kappa shape index (κ2) is 2.24. The molecule has 44 valence electrons. The Morgan fingerprint density at radius 3 is 2.75 bits per heavy atom. The van der Waals surface area contributed by atoms with E-state index < -0.39 is 0 Å². The molecule has 0 saturated carbocycles. The molecule has 0 radical (unpaired) electrons. The van der Waals surface area contributed by atoms with Crippen LogP contribution in [0.4, 0.5) is 0 Å².